The van der Waals surface area contributed by atoms with Gasteiger partial charge in [-0.3, -0.25) is 0 Å². The Morgan fingerprint density at radius 2 is 1.60 bits per heavy atom. The van der Waals surface area contributed by atoms with Crippen LogP contribution < -0.4 is 10.6 Å². The summed E-state index contributed by atoms with van der Waals surface area (Å²) >= 11 is 0. The molecule has 0 spiro atoms. The Morgan fingerprint density at radius 3 is 2.13 bits per heavy atom. The van der Waals surface area contributed by atoms with Crippen LogP contribution in [0.2, 0.25) is 0 Å². The van der Waals surface area contributed by atoms with Gasteiger partial charge in [-0.05, 0) is 45.9 Å². The van der Waals surface area contributed by atoms with Gasteiger partial charge in [-0.1, -0.05) is 0 Å². The van der Waals surface area contributed by atoms with Crippen molar-refractivity contribution in [3.63, 3.8) is 0 Å². The van der Waals surface area contributed by atoms with Gasteiger partial charge in [0.2, 0.25) is 0 Å². The normalized spacial score (nSPS) is 10.8. The molecule has 0 saturated carbocycles. The Kier molecular flexibility index (Phi) is 3.83. The number of hydrogen-bond donors (Lipinski definition) is 3. The molecular weight excluding hydrogens is 188 g/mol. The first kappa shape index (κ1) is 11.7. The van der Waals surface area contributed by atoms with E-state index in [9.17, 15) is 5.11 Å². The van der Waals surface area contributed by atoms with Crippen molar-refractivity contribution in [2.24, 2.45) is 0 Å². The van der Waals surface area contributed by atoms with Crippen LogP contribution in [0, 0.1) is 0 Å². The maximum Gasteiger partial charge on any atom is 0.138 e. The maximum absolute atomic E-state index is 9.63. The van der Waals surface area contributed by atoms with Crippen LogP contribution in [0.15, 0.2) is 18.2 Å². The fourth-order valence-electron chi connectivity index (χ4n) is 1.39. The number of phenolic OH excluding ortho intramolecular Hbond substituents is 1. The number of rotatable bonds is 4. The van der Waals surface area contributed by atoms with Crippen molar-refractivity contribution in [2.75, 3.05) is 10.6 Å². The van der Waals surface area contributed by atoms with E-state index in [1.807, 2.05) is 26.0 Å². The van der Waals surface area contributed by atoms with Crippen molar-refractivity contribution < 1.29 is 5.11 Å². The van der Waals surface area contributed by atoms with Crippen LogP contribution in [0.3, 0.4) is 0 Å². The first-order chi connectivity index (χ1) is 6.99. The number of anilines is 2. The zero-order valence-electron chi connectivity index (χ0n) is 9.83. The lowest BCUT2D eigenvalue weighted by Crippen LogP contribution is -2.12. The number of nitrogens with one attached hydrogen (secondary N) is 2. The highest BCUT2D eigenvalue weighted by atomic mass is 16.3. The third-order valence-corrected chi connectivity index (χ3v) is 1.90. The monoisotopic (exact) mass is 208 g/mol. The molecule has 1 rings (SSSR count). The zero-order valence-corrected chi connectivity index (χ0v) is 9.83. The summed E-state index contributed by atoms with van der Waals surface area (Å²) in [6.45, 7) is 8.26. The van der Waals surface area contributed by atoms with Gasteiger partial charge in [0.1, 0.15) is 5.75 Å². The molecule has 0 bridgehead atoms. The van der Waals surface area contributed by atoms with Gasteiger partial charge in [0.05, 0.1) is 5.69 Å². The first-order valence-electron chi connectivity index (χ1n) is 5.35. The Morgan fingerprint density at radius 1 is 1.00 bits per heavy atom. The van der Waals surface area contributed by atoms with E-state index in [1.165, 1.54) is 0 Å². The van der Waals surface area contributed by atoms with Crippen molar-refractivity contribution in [3.05, 3.63) is 18.2 Å². The molecule has 0 unspecified atom stereocenters. The minimum atomic E-state index is 0.290. The molecule has 3 heteroatoms. The van der Waals surface area contributed by atoms with Gasteiger partial charge in [-0.15, -0.1) is 0 Å². The summed E-state index contributed by atoms with van der Waals surface area (Å²) in [5.41, 5.74) is 1.79. The summed E-state index contributed by atoms with van der Waals surface area (Å²) in [7, 11) is 0. The molecule has 15 heavy (non-hydrogen) atoms. The summed E-state index contributed by atoms with van der Waals surface area (Å²) in [5.74, 6) is 0.290. The van der Waals surface area contributed by atoms with Gasteiger partial charge in [0.25, 0.3) is 0 Å². The van der Waals surface area contributed by atoms with Crippen LogP contribution in [-0.2, 0) is 0 Å². The first-order valence-corrected chi connectivity index (χ1v) is 5.35. The predicted molar refractivity (Wildman–Crippen MR) is 65.6 cm³/mol. The molecule has 0 radical (unpaired) electrons. The zero-order chi connectivity index (χ0) is 11.4. The van der Waals surface area contributed by atoms with Crippen LogP contribution in [0.1, 0.15) is 27.7 Å². The minimum absolute atomic E-state index is 0.290. The smallest absolute Gasteiger partial charge is 0.138 e. The van der Waals surface area contributed by atoms with Crippen molar-refractivity contribution in [2.45, 2.75) is 39.8 Å². The van der Waals surface area contributed by atoms with Gasteiger partial charge >= 0.3 is 0 Å². The van der Waals surface area contributed by atoms with Gasteiger partial charge in [-0.2, -0.15) is 0 Å². The van der Waals surface area contributed by atoms with Crippen molar-refractivity contribution in [1.82, 2.24) is 0 Å². The molecule has 3 N–H and O–H groups in total. The number of hydrogen-bond acceptors (Lipinski definition) is 3. The second kappa shape index (κ2) is 4.91. The summed E-state index contributed by atoms with van der Waals surface area (Å²) in [5, 5.41) is 16.1. The summed E-state index contributed by atoms with van der Waals surface area (Å²) in [6.07, 6.45) is 0. The molecular formula is C12H20N2O. The van der Waals surface area contributed by atoms with Crippen LogP contribution in [0.5, 0.6) is 5.75 Å². The van der Waals surface area contributed by atoms with E-state index in [2.05, 4.69) is 24.5 Å². The molecule has 0 aliphatic heterocycles. The second-order valence-electron chi connectivity index (χ2n) is 4.33. The highest BCUT2D eigenvalue weighted by Gasteiger charge is 2.04. The fraction of sp³-hybridized carbons (Fsp3) is 0.500. The molecule has 0 amide bonds. The van der Waals surface area contributed by atoms with E-state index in [-0.39, 0.29) is 5.75 Å². The number of phenols is 1. The number of benzene rings is 1. The topological polar surface area (TPSA) is 44.3 Å². The third-order valence-electron chi connectivity index (χ3n) is 1.90. The van der Waals surface area contributed by atoms with E-state index in [1.54, 1.807) is 6.07 Å². The van der Waals surface area contributed by atoms with Gasteiger partial charge in [0, 0.05) is 17.8 Å². The van der Waals surface area contributed by atoms with Crippen LogP contribution in [0.4, 0.5) is 11.4 Å². The molecule has 0 fully saturated rings. The quantitative estimate of drug-likeness (QED) is 0.526. The van der Waals surface area contributed by atoms with Gasteiger partial charge in [0.15, 0.2) is 0 Å². The third kappa shape index (κ3) is 3.70. The molecule has 1 aromatic rings. The lowest BCUT2D eigenvalue weighted by atomic mass is 10.2. The van der Waals surface area contributed by atoms with E-state index >= 15 is 0 Å². The molecule has 0 saturated heterocycles. The Labute approximate surface area is 91.5 Å². The van der Waals surface area contributed by atoms with Crippen LogP contribution >= 0.6 is 0 Å². The number of aromatic hydroxyl groups is 1. The van der Waals surface area contributed by atoms with Gasteiger partial charge in [-0.25, -0.2) is 0 Å². The summed E-state index contributed by atoms with van der Waals surface area (Å²) in [6, 6.07) is 6.21. The SMILES string of the molecule is CC(C)Nc1ccc(O)c(NC(C)C)c1. The highest BCUT2D eigenvalue weighted by Crippen LogP contribution is 2.27. The second-order valence-corrected chi connectivity index (χ2v) is 4.33. The average molecular weight is 208 g/mol. The maximum atomic E-state index is 9.63. The largest absolute Gasteiger partial charge is 0.506 e. The van der Waals surface area contributed by atoms with Crippen molar-refractivity contribution in [3.8, 4) is 5.75 Å². The molecule has 0 aliphatic rings. The predicted octanol–water partition coefficient (Wildman–Crippen LogP) is 3.03. The fourth-order valence-corrected chi connectivity index (χ4v) is 1.39. The highest BCUT2D eigenvalue weighted by molar-refractivity contribution is 5.64. The Balaban J connectivity index is 2.85. The van der Waals surface area contributed by atoms with E-state index < -0.39 is 0 Å². The average Bonchev–Trinajstić information content (AvgIpc) is 2.09. The molecule has 1 aromatic carbocycles. The molecule has 84 valence electrons. The minimum Gasteiger partial charge on any atom is -0.506 e. The molecule has 3 nitrogen and oxygen atoms in total. The van der Waals surface area contributed by atoms with Crippen molar-refractivity contribution >= 4 is 11.4 Å². The van der Waals surface area contributed by atoms with E-state index in [0.29, 0.717) is 12.1 Å². The van der Waals surface area contributed by atoms with Crippen molar-refractivity contribution in [1.29, 1.82) is 0 Å². The summed E-state index contributed by atoms with van der Waals surface area (Å²) < 4.78 is 0. The lowest BCUT2D eigenvalue weighted by Gasteiger charge is -2.15. The Bertz CT molecular complexity index is 321. The standard InChI is InChI=1S/C12H20N2O/c1-8(2)13-10-5-6-12(15)11(7-10)14-9(3)4/h5-9,13-15H,1-4H3. The molecule has 0 aliphatic carbocycles. The van der Waals surface area contributed by atoms with Crippen LogP contribution in [-0.4, -0.2) is 17.2 Å². The van der Waals surface area contributed by atoms with E-state index in [0.717, 1.165) is 11.4 Å². The molecule has 0 heterocycles. The molecule has 0 aromatic heterocycles. The Hall–Kier alpha value is -1.38. The molecule has 0 atom stereocenters. The summed E-state index contributed by atoms with van der Waals surface area (Å²) in [4.78, 5) is 0. The lowest BCUT2D eigenvalue weighted by molar-refractivity contribution is 0.476. The van der Waals surface area contributed by atoms with Gasteiger partial charge < -0.3 is 15.7 Å². The van der Waals surface area contributed by atoms with Crippen LogP contribution in [0.25, 0.3) is 0 Å². The van der Waals surface area contributed by atoms with E-state index in [4.69, 9.17) is 0 Å².